The molecule has 2 aliphatic rings. The number of methoxy groups -OCH3 is 1. The van der Waals surface area contributed by atoms with Gasteiger partial charge in [-0.15, -0.1) is 0 Å². The normalized spacial score (nSPS) is 17.5. The van der Waals surface area contributed by atoms with Crippen LogP contribution in [0.5, 0.6) is 5.75 Å². The summed E-state index contributed by atoms with van der Waals surface area (Å²) in [7, 11) is 5.78. The maximum atomic E-state index is 8.87. The van der Waals surface area contributed by atoms with Crippen molar-refractivity contribution in [3.63, 3.8) is 0 Å². The molecule has 2 unspecified atom stereocenters. The fraction of sp³-hybridized carbons (Fsp3) is 0.586. The highest BCUT2D eigenvalue weighted by Crippen LogP contribution is 2.35. The average molecular weight is 505 g/mol. The SMILES string of the molecule is CC.COCC(CO)N1CCC1.Cc1ccc(OCC2CCCc3cc(Cl)ccc32)c(N(C)C)c1. The number of nitrogens with zero attached hydrogens (tertiary/aromatic N) is 2. The van der Waals surface area contributed by atoms with Crippen LogP contribution in [0.25, 0.3) is 0 Å². The lowest BCUT2D eigenvalue weighted by Crippen LogP contribution is -2.48. The first kappa shape index (κ1) is 29.4. The molecule has 1 N–H and O–H groups in total. The molecule has 0 radical (unpaired) electrons. The van der Waals surface area contributed by atoms with E-state index >= 15 is 0 Å². The minimum Gasteiger partial charge on any atom is -0.491 e. The summed E-state index contributed by atoms with van der Waals surface area (Å²) in [6.45, 7) is 9.93. The summed E-state index contributed by atoms with van der Waals surface area (Å²) in [6.07, 6.45) is 4.77. The van der Waals surface area contributed by atoms with Crippen molar-refractivity contribution in [3.8, 4) is 5.75 Å². The van der Waals surface area contributed by atoms with Crippen LogP contribution in [-0.2, 0) is 11.2 Å². The Hall–Kier alpha value is -1.79. The van der Waals surface area contributed by atoms with Gasteiger partial charge in [-0.1, -0.05) is 37.6 Å². The van der Waals surface area contributed by atoms with E-state index in [0.29, 0.717) is 12.5 Å². The number of ether oxygens (including phenoxy) is 2. The number of aryl methyl sites for hydroxylation is 2. The summed E-state index contributed by atoms with van der Waals surface area (Å²) in [4.78, 5) is 4.35. The molecule has 2 atom stereocenters. The third-order valence-corrected chi connectivity index (χ3v) is 6.79. The van der Waals surface area contributed by atoms with Gasteiger partial charge in [0.1, 0.15) is 5.75 Å². The van der Waals surface area contributed by atoms with Crippen LogP contribution in [0.2, 0.25) is 5.02 Å². The molecule has 1 saturated heterocycles. The van der Waals surface area contributed by atoms with Crippen molar-refractivity contribution in [2.24, 2.45) is 0 Å². The molecule has 0 bridgehead atoms. The molecule has 35 heavy (non-hydrogen) atoms. The fourth-order valence-electron chi connectivity index (χ4n) is 4.52. The van der Waals surface area contributed by atoms with Crippen LogP contribution in [0.3, 0.4) is 0 Å². The quantitative estimate of drug-likeness (QED) is 0.482. The first-order valence-electron chi connectivity index (χ1n) is 13.0. The van der Waals surface area contributed by atoms with Crippen LogP contribution in [0.1, 0.15) is 55.7 Å². The van der Waals surface area contributed by atoms with Gasteiger partial charge in [-0.05, 0) is 86.7 Å². The number of benzene rings is 2. The predicted octanol–water partition coefficient (Wildman–Crippen LogP) is 5.94. The van der Waals surface area contributed by atoms with Gasteiger partial charge in [0.05, 0.1) is 31.5 Å². The lowest BCUT2D eigenvalue weighted by atomic mass is 9.83. The third-order valence-electron chi connectivity index (χ3n) is 6.56. The molecule has 0 aromatic heterocycles. The first-order chi connectivity index (χ1) is 16.9. The number of aliphatic hydroxyl groups is 1. The molecule has 0 saturated carbocycles. The van der Waals surface area contributed by atoms with Crippen LogP contribution in [-0.4, -0.2) is 70.2 Å². The van der Waals surface area contributed by atoms with Crippen LogP contribution in [0.15, 0.2) is 36.4 Å². The molecule has 4 rings (SSSR count). The predicted molar refractivity (Wildman–Crippen MR) is 148 cm³/mol. The molecule has 0 amide bonds. The minimum atomic E-state index is 0.216. The Morgan fingerprint density at radius 2 is 1.86 bits per heavy atom. The number of rotatable bonds is 8. The minimum absolute atomic E-state index is 0.216. The number of hydrogen-bond donors (Lipinski definition) is 1. The molecule has 1 heterocycles. The van der Waals surface area contributed by atoms with E-state index in [9.17, 15) is 0 Å². The smallest absolute Gasteiger partial charge is 0.142 e. The second kappa shape index (κ2) is 15.4. The van der Waals surface area contributed by atoms with E-state index in [4.69, 9.17) is 26.2 Å². The zero-order chi connectivity index (χ0) is 25.8. The Morgan fingerprint density at radius 1 is 1.11 bits per heavy atom. The molecule has 196 valence electrons. The molecule has 5 nitrogen and oxygen atoms in total. The maximum absolute atomic E-state index is 8.87. The van der Waals surface area contributed by atoms with Gasteiger partial charge in [0.2, 0.25) is 0 Å². The third kappa shape index (κ3) is 8.68. The van der Waals surface area contributed by atoms with Crippen molar-refractivity contribution in [1.29, 1.82) is 0 Å². The van der Waals surface area contributed by atoms with Crippen molar-refractivity contribution < 1.29 is 14.6 Å². The van der Waals surface area contributed by atoms with E-state index in [1.807, 2.05) is 19.9 Å². The molecule has 2 aromatic carbocycles. The second-order valence-corrected chi connectivity index (χ2v) is 9.73. The van der Waals surface area contributed by atoms with Crippen molar-refractivity contribution in [1.82, 2.24) is 4.90 Å². The monoisotopic (exact) mass is 504 g/mol. The number of fused-ring (bicyclic) bond motifs is 1. The summed E-state index contributed by atoms with van der Waals surface area (Å²) < 4.78 is 11.2. The fourth-order valence-corrected chi connectivity index (χ4v) is 4.71. The van der Waals surface area contributed by atoms with E-state index in [0.717, 1.165) is 42.6 Å². The standard InChI is InChI=1S/C20H24ClNO.C7H15NO2.C2H6/c1-14-7-10-20(19(11-14)22(2)3)23-13-16-6-4-5-15-12-17(21)8-9-18(15)16;1-10-6-7(5-9)8-3-2-4-8;1-2/h7-12,16H,4-6,13H2,1-3H3;7,9H,2-6H2,1H3;1-2H3. The topological polar surface area (TPSA) is 45.2 Å². The van der Waals surface area contributed by atoms with Gasteiger partial charge < -0.3 is 19.5 Å². The zero-order valence-corrected chi connectivity index (χ0v) is 23.3. The maximum Gasteiger partial charge on any atom is 0.142 e. The highest BCUT2D eigenvalue weighted by molar-refractivity contribution is 6.30. The molecular formula is C29H45ClN2O3. The molecule has 6 heteroatoms. The first-order valence-corrected chi connectivity index (χ1v) is 13.3. The Labute approximate surface area is 218 Å². The summed E-state index contributed by atoms with van der Waals surface area (Å²) in [6, 6.07) is 12.9. The summed E-state index contributed by atoms with van der Waals surface area (Å²) in [5.74, 6) is 1.41. The number of halogens is 1. The van der Waals surface area contributed by atoms with Gasteiger partial charge in [-0.3, -0.25) is 4.90 Å². The van der Waals surface area contributed by atoms with Crippen molar-refractivity contribution in [2.45, 2.75) is 58.4 Å². The van der Waals surface area contributed by atoms with Crippen LogP contribution < -0.4 is 9.64 Å². The number of hydrogen-bond acceptors (Lipinski definition) is 5. The van der Waals surface area contributed by atoms with Gasteiger partial charge in [0, 0.05) is 32.1 Å². The highest BCUT2D eigenvalue weighted by atomic mass is 35.5. The van der Waals surface area contributed by atoms with E-state index in [2.05, 4.69) is 61.2 Å². The second-order valence-electron chi connectivity index (χ2n) is 9.29. The zero-order valence-electron chi connectivity index (χ0n) is 22.5. The summed E-state index contributed by atoms with van der Waals surface area (Å²) in [5, 5.41) is 9.70. The lowest BCUT2D eigenvalue weighted by molar-refractivity contribution is 0.0199. The van der Waals surface area contributed by atoms with E-state index in [1.54, 1.807) is 7.11 Å². The average Bonchev–Trinajstić information content (AvgIpc) is 2.83. The molecule has 1 aliphatic heterocycles. The van der Waals surface area contributed by atoms with E-state index in [1.165, 1.54) is 36.0 Å². The van der Waals surface area contributed by atoms with Crippen LogP contribution in [0, 0.1) is 6.92 Å². The van der Waals surface area contributed by atoms with Crippen LogP contribution >= 0.6 is 11.6 Å². The summed E-state index contributed by atoms with van der Waals surface area (Å²) >= 11 is 6.13. The number of aliphatic hydroxyl groups excluding tert-OH is 1. The number of anilines is 1. The molecule has 1 aliphatic carbocycles. The molecular weight excluding hydrogens is 460 g/mol. The Bertz CT molecular complexity index is 886. The largest absolute Gasteiger partial charge is 0.491 e. The van der Waals surface area contributed by atoms with Crippen molar-refractivity contribution in [2.75, 3.05) is 59.0 Å². The van der Waals surface area contributed by atoms with Gasteiger partial charge in [-0.2, -0.15) is 0 Å². The molecule has 2 aromatic rings. The van der Waals surface area contributed by atoms with E-state index < -0.39 is 0 Å². The number of likely N-dealkylation sites (tertiary alicyclic amines) is 1. The lowest BCUT2D eigenvalue weighted by Gasteiger charge is -2.36. The van der Waals surface area contributed by atoms with E-state index in [-0.39, 0.29) is 12.6 Å². The van der Waals surface area contributed by atoms with Gasteiger partial charge >= 0.3 is 0 Å². The Kier molecular flexibility index (Phi) is 12.9. The van der Waals surface area contributed by atoms with Crippen LogP contribution in [0.4, 0.5) is 5.69 Å². The Balaban J connectivity index is 0.000000302. The van der Waals surface area contributed by atoms with Gasteiger partial charge in [-0.25, -0.2) is 0 Å². The summed E-state index contributed by atoms with van der Waals surface area (Å²) in [5.41, 5.74) is 5.17. The molecule has 1 fully saturated rings. The van der Waals surface area contributed by atoms with Gasteiger partial charge in [0.15, 0.2) is 0 Å². The Morgan fingerprint density at radius 3 is 2.46 bits per heavy atom. The van der Waals surface area contributed by atoms with Crippen molar-refractivity contribution >= 4 is 17.3 Å². The van der Waals surface area contributed by atoms with Gasteiger partial charge in [0.25, 0.3) is 0 Å². The highest BCUT2D eigenvalue weighted by Gasteiger charge is 2.23. The van der Waals surface area contributed by atoms with Crippen molar-refractivity contribution in [3.05, 3.63) is 58.1 Å². The molecule has 0 spiro atoms.